The molecule has 0 spiro atoms. The van der Waals surface area contributed by atoms with E-state index in [0.29, 0.717) is 36.5 Å². The average Bonchev–Trinajstić information content (AvgIpc) is 2.90. The van der Waals surface area contributed by atoms with Crippen LogP contribution in [0.5, 0.6) is 5.75 Å². The van der Waals surface area contributed by atoms with Crippen molar-refractivity contribution in [2.75, 3.05) is 25.2 Å². The van der Waals surface area contributed by atoms with E-state index < -0.39 is 0 Å². The van der Waals surface area contributed by atoms with E-state index in [2.05, 4.69) is 34.5 Å². The summed E-state index contributed by atoms with van der Waals surface area (Å²) in [5.41, 5.74) is 4.88. The normalized spacial score (nSPS) is 16.1. The summed E-state index contributed by atoms with van der Waals surface area (Å²) in [4.78, 5) is 17.4. The summed E-state index contributed by atoms with van der Waals surface area (Å²) in [7, 11) is 1.63. The van der Waals surface area contributed by atoms with Gasteiger partial charge in [-0.2, -0.15) is 10.2 Å². The molecule has 0 saturated heterocycles. The van der Waals surface area contributed by atoms with Gasteiger partial charge in [0, 0.05) is 37.1 Å². The van der Waals surface area contributed by atoms with Gasteiger partial charge in [0.05, 0.1) is 42.5 Å². The summed E-state index contributed by atoms with van der Waals surface area (Å²) in [6, 6.07) is 15.9. The first-order valence-corrected chi connectivity index (χ1v) is 11.8. The Kier molecular flexibility index (Phi) is 8.08. The highest BCUT2D eigenvalue weighted by Gasteiger charge is 2.19. The molecule has 2 heterocycles. The monoisotopic (exact) mass is 482 g/mol. The van der Waals surface area contributed by atoms with Crippen molar-refractivity contribution in [1.29, 1.82) is 0 Å². The van der Waals surface area contributed by atoms with Crippen molar-refractivity contribution in [2.45, 2.75) is 20.3 Å². The molecule has 2 aliphatic heterocycles. The molecule has 0 saturated carbocycles. The first-order valence-electron chi connectivity index (χ1n) is 11.8. The first-order chi connectivity index (χ1) is 17.6. The van der Waals surface area contributed by atoms with E-state index in [9.17, 15) is 4.79 Å². The third-order valence-electron chi connectivity index (χ3n) is 5.67. The van der Waals surface area contributed by atoms with Gasteiger partial charge in [-0.3, -0.25) is 19.8 Å². The molecule has 0 aromatic heterocycles. The maximum absolute atomic E-state index is 12.9. The summed E-state index contributed by atoms with van der Waals surface area (Å²) in [6.07, 6.45) is 11.3. The molecular formula is C28H30N6O2. The number of carbonyl (C=O) groups excluding carboxylic acids is 1. The van der Waals surface area contributed by atoms with Gasteiger partial charge in [-0.15, -0.1) is 0 Å². The number of benzene rings is 2. The van der Waals surface area contributed by atoms with Crippen molar-refractivity contribution in [1.82, 2.24) is 10.3 Å². The van der Waals surface area contributed by atoms with Crippen molar-refractivity contribution >= 4 is 29.7 Å². The molecule has 0 aliphatic carbocycles. The quantitative estimate of drug-likeness (QED) is 0.446. The van der Waals surface area contributed by atoms with Crippen LogP contribution in [0.4, 0.5) is 5.69 Å². The number of fused-ring (bicyclic) bond motifs is 2. The molecule has 8 nitrogen and oxygen atoms in total. The lowest BCUT2D eigenvalue weighted by atomic mass is 10.1. The van der Waals surface area contributed by atoms with Gasteiger partial charge >= 0.3 is 0 Å². The predicted molar refractivity (Wildman–Crippen MR) is 145 cm³/mol. The van der Waals surface area contributed by atoms with Gasteiger partial charge in [-0.1, -0.05) is 23.8 Å². The zero-order chi connectivity index (χ0) is 25.3. The van der Waals surface area contributed by atoms with Crippen LogP contribution in [0.15, 0.2) is 99.5 Å². The molecule has 0 fully saturated rings. The molecule has 184 valence electrons. The fourth-order valence-electron chi connectivity index (χ4n) is 3.66. The number of aryl methyl sites for hydroxylation is 1. The molecule has 2 bridgehead atoms. The standard InChI is InChI=1S/C28H30N6O2/c1-4-34(23-11-7-21(2)8-12-23)32-26(22-9-13-24(36-3)14-10-22)15-17-30-28(35)25-19-31-33-18-6-5-16-29-27(25)20-33/h6-19H,4-5,20H2,1-3H3,(H,30,35)/b17-15+,18-6-,29-16?,32-26+. The van der Waals surface area contributed by atoms with Crippen LogP contribution in [0.3, 0.4) is 0 Å². The van der Waals surface area contributed by atoms with Crippen molar-refractivity contribution in [2.24, 2.45) is 15.2 Å². The minimum Gasteiger partial charge on any atom is -0.497 e. The highest BCUT2D eigenvalue weighted by Crippen LogP contribution is 2.19. The second kappa shape index (κ2) is 11.8. The number of methoxy groups -OCH3 is 1. The SMILES string of the molecule is CCN(/N=C(\C=C\NC(=O)C1=C2CN(/C=C\CC=N2)N=C1)c1ccc(OC)cc1)c1ccc(C)cc1. The topological polar surface area (TPSA) is 81.9 Å². The smallest absolute Gasteiger partial charge is 0.258 e. The van der Waals surface area contributed by atoms with Crippen LogP contribution in [0.2, 0.25) is 0 Å². The Morgan fingerprint density at radius 2 is 1.97 bits per heavy atom. The van der Waals surface area contributed by atoms with E-state index in [-0.39, 0.29) is 5.91 Å². The summed E-state index contributed by atoms with van der Waals surface area (Å²) < 4.78 is 5.30. The summed E-state index contributed by atoms with van der Waals surface area (Å²) in [6.45, 7) is 5.24. The Morgan fingerprint density at radius 1 is 1.19 bits per heavy atom. The van der Waals surface area contributed by atoms with Crippen molar-refractivity contribution in [3.05, 3.63) is 95.5 Å². The summed E-state index contributed by atoms with van der Waals surface area (Å²) in [5.74, 6) is 0.487. The maximum atomic E-state index is 12.9. The lowest BCUT2D eigenvalue weighted by Crippen LogP contribution is -2.28. The van der Waals surface area contributed by atoms with Crippen molar-refractivity contribution < 1.29 is 9.53 Å². The van der Waals surface area contributed by atoms with Crippen LogP contribution in [0, 0.1) is 6.92 Å². The zero-order valence-corrected chi connectivity index (χ0v) is 20.8. The Labute approximate surface area is 211 Å². The third-order valence-corrected chi connectivity index (χ3v) is 5.67. The van der Waals surface area contributed by atoms with Gasteiger partial charge in [0.1, 0.15) is 5.75 Å². The molecule has 2 aromatic rings. The molecule has 1 amide bonds. The zero-order valence-electron chi connectivity index (χ0n) is 20.8. The second-order valence-corrected chi connectivity index (χ2v) is 8.21. The van der Waals surface area contributed by atoms with Gasteiger partial charge in [0.25, 0.3) is 5.91 Å². The molecule has 8 heteroatoms. The number of carbonyl (C=O) groups is 1. The minimum atomic E-state index is -0.272. The van der Waals surface area contributed by atoms with E-state index in [0.717, 1.165) is 17.0 Å². The number of aliphatic imine (C=N–C) groups is 1. The Morgan fingerprint density at radius 3 is 2.69 bits per heavy atom. The molecule has 1 N–H and O–H groups in total. The van der Waals surface area contributed by atoms with Crippen LogP contribution >= 0.6 is 0 Å². The van der Waals surface area contributed by atoms with Crippen LogP contribution in [0.1, 0.15) is 24.5 Å². The lowest BCUT2D eigenvalue weighted by molar-refractivity contribution is -0.116. The predicted octanol–water partition coefficient (Wildman–Crippen LogP) is 4.41. The van der Waals surface area contributed by atoms with Gasteiger partial charge in [0.15, 0.2) is 0 Å². The van der Waals surface area contributed by atoms with Crippen molar-refractivity contribution in [3.63, 3.8) is 0 Å². The highest BCUT2D eigenvalue weighted by molar-refractivity contribution is 6.14. The van der Waals surface area contributed by atoms with Crippen molar-refractivity contribution in [3.8, 4) is 5.75 Å². The van der Waals surface area contributed by atoms with Crippen LogP contribution in [-0.2, 0) is 4.79 Å². The Hall–Kier alpha value is -4.46. The number of hydrogen-bond acceptors (Lipinski definition) is 7. The number of hydrazone groups is 2. The summed E-state index contributed by atoms with van der Waals surface area (Å²) in [5, 5.41) is 15.7. The molecule has 2 aromatic carbocycles. The van der Waals surface area contributed by atoms with E-state index >= 15 is 0 Å². The Bertz CT molecular complexity index is 1250. The fourth-order valence-corrected chi connectivity index (χ4v) is 3.66. The second-order valence-electron chi connectivity index (χ2n) is 8.21. The number of hydrogen-bond donors (Lipinski definition) is 1. The number of ether oxygens (including phenoxy) is 1. The van der Waals surface area contributed by atoms with Crippen LogP contribution < -0.4 is 15.1 Å². The number of amides is 1. The fraction of sp³-hybridized carbons (Fsp3) is 0.214. The Balaban J connectivity index is 1.58. The van der Waals surface area contributed by atoms with Crippen LogP contribution in [0.25, 0.3) is 0 Å². The van der Waals surface area contributed by atoms with Crippen LogP contribution in [-0.4, -0.2) is 49.3 Å². The average molecular weight is 483 g/mol. The number of nitrogens with zero attached hydrogens (tertiary/aromatic N) is 5. The number of allylic oxidation sites excluding steroid dienone is 2. The van der Waals surface area contributed by atoms with Gasteiger partial charge < -0.3 is 10.1 Å². The molecule has 0 radical (unpaired) electrons. The maximum Gasteiger partial charge on any atom is 0.258 e. The number of rotatable bonds is 8. The third kappa shape index (κ3) is 6.15. The van der Waals surface area contributed by atoms with Gasteiger partial charge in [-0.25, -0.2) is 0 Å². The molecule has 2 aliphatic rings. The number of nitrogens with one attached hydrogen (secondary N) is 1. The molecule has 36 heavy (non-hydrogen) atoms. The largest absolute Gasteiger partial charge is 0.497 e. The minimum absolute atomic E-state index is 0.272. The lowest BCUT2D eigenvalue weighted by Gasteiger charge is -2.21. The van der Waals surface area contributed by atoms with Gasteiger partial charge in [-0.05, 0) is 56.3 Å². The highest BCUT2D eigenvalue weighted by atomic mass is 16.5. The van der Waals surface area contributed by atoms with E-state index in [1.807, 2.05) is 60.6 Å². The van der Waals surface area contributed by atoms with E-state index in [1.165, 1.54) is 5.56 Å². The first kappa shape index (κ1) is 24.7. The molecule has 0 atom stereocenters. The van der Waals surface area contributed by atoms with E-state index in [4.69, 9.17) is 9.84 Å². The number of anilines is 1. The molecule has 0 unspecified atom stereocenters. The van der Waals surface area contributed by atoms with Gasteiger partial charge in [0.2, 0.25) is 0 Å². The summed E-state index contributed by atoms with van der Waals surface area (Å²) >= 11 is 0. The van der Waals surface area contributed by atoms with E-state index in [1.54, 1.807) is 36.8 Å². The molecular weight excluding hydrogens is 452 g/mol. The molecule has 4 rings (SSSR count).